The Labute approximate surface area is 141 Å². The molecule has 2 aromatic heterocycles. The summed E-state index contributed by atoms with van der Waals surface area (Å²) in [4.78, 5) is 10.3. The number of hydrogen-bond donors (Lipinski definition) is 3. The highest BCUT2D eigenvalue weighted by atomic mass is 15.4. The molecule has 5 N–H and O–H groups in total. The van der Waals surface area contributed by atoms with E-state index in [1.807, 2.05) is 38.4 Å². The van der Waals surface area contributed by atoms with E-state index in [1.54, 1.807) is 6.20 Å². The first-order valence-electron chi connectivity index (χ1n) is 7.70. The van der Waals surface area contributed by atoms with Crippen LogP contribution in [-0.4, -0.2) is 50.5 Å². The Morgan fingerprint density at radius 3 is 2.67 bits per heavy atom. The number of nitrogens with one attached hydrogen (secondary N) is 1. The Morgan fingerprint density at radius 1 is 1.38 bits per heavy atom. The summed E-state index contributed by atoms with van der Waals surface area (Å²) >= 11 is 0. The Bertz CT molecular complexity index is 714. The first-order valence-corrected chi connectivity index (χ1v) is 7.70. The molecule has 2 rings (SSSR count). The van der Waals surface area contributed by atoms with Crippen molar-refractivity contribution < 1.29 is 0 Å². The van der Waals surface area contributed by atoms with Crippen LogP contribution in [0.15, 0.2) is 24.4 Å². The summed E-state index contributed by atoms with van der Waals surface area (Å²) in [5.74, 6) is 0.350. The third-order valence-corrected chi connectivity index (χ3v) is 3.74. The molecule has 0 saturated carbocycles. The lowest BCUT2D eigenvalue weighted by molar-refractivity contribution is 0.320. The Kier molecular flexibility index (Phi) is 5.64. The lowest BCUT2D eigenvalue weighted by Crippen LogP contribution is -2.26. The minimum atomic E-state index is 0.127. The van der Waals surface area contributed by atoms with Crippen molar-refractivity contribution in [2.45, 2.75) is 25.8 Å². The number of nitrogen functional groups attached to an aromatic ring is 2. The summed E-state index contributed by atoms with van der Waals surface area (Å²) < 4.78 is 1.44. The fourth-order valence-corrected chi connectivity index (χ4v) is 2.10. The van der Waals surface area contributed by atoms with Crippen molar-refractivity contribution in [3.05, 3.63) is 30.1 Å². The lowest BCUT2D eigenvalue weighted by atomic mass is 10.1. The van der Waals surface area contributed by atoms with Gasteiger partial charge >= 0.3 is 0 Å². The van der Waals surface area contributed by atoms with E-state index in [0.29, 0.717) is 23.9 Å². The van der Waals surface area contributed by atoms with Crippen molar-refractivity contribution in [2.75, 3.05) is 25.6 Å². The number of nitrogens with zero attached hydrogens (tertiary/aromatic N) is 5. The number of nitrogens with two attached hydrogens (primary N) is 2. The zero-order valence-corrected chi connectivity index (χ0v) is 14.3. The molecule has 2 heterocycles. The first-order chi connectivity index (χ1) is 11.4. The summed E-state index contributed by atoms with van der Waals surface area (Å²) in [7, 11) is 4.05. The van der Waals surface area contributed by atoms with E-state index in [-0.39, 0.29) is 11.9 Å². The minimum Gasteiger partial charge on any atom is -0.368 e. The van der Waals surface area contributed by atoms with Gasteiger partial charge in [0.2, 0.25) is 11.9 Å². The van der Waals surface area contributed by atoms with Gasteiger partial charge in [0.05, 0.1) is 17.6 Å². The summed E-state index contributed by atoms with van der Waals surface area (Å²) in [5, 5.41) is 12.0. The van der Waals surface area contributed by atoms with Crippen LogP contribution in [0.1, 0.15) is 25.5 Å². The van der Waals surface area contributed by atoms with Crippen LogP contribution in [-0.2, 0) is 0 Å². The molecule has 0 bridgehead atoms. The molecule has 0 amide bonds. The van der Waals surface area contributed by atoms with Gasteiger partial charge in [-0.3, -0.25) is 4.98 Å². The molecular weight excluding hydrogens is 304 g/mol. The van der Waals surface area contributed by atoms with Crippen molar-refractivity contribution in [3.8, 4) is 5.69 Å². The Balaban J connectivity index is 1.94. The van der Waals surface area contributed by atoms with Gasteiger partial charge < -0.3 is 21.8 Å². The molecule has 0 aliphatic carbocycles. The van der Waals surface area contributed by atoms with Crippen LogP contribution in [0.3, 0.4) is 0 Å². The topological polar surface area (TPSA) is 123 Å². The largest absolute Gasteiger partial charge is 0.368 e. The summed E-state index contributed by atoms with van der Waals surface area (Å²) in [6.07, 6.45) is 6.89. The third-order valence-electron chi connectivity index (χ3n) is 3.74. The summed E-state index contributed by atoms with van der Waals surface area (Å²) in [6, 6.07) is 4.06. The van der Waals surface area contributed by atoms with Crippen LogP contribution in [0.25, 0.3) is 11.8 Å². The van der Waals surface area contributed by atoms with Crippen LogP contribution in [0, 0.1) is 5.41 Å². The molecule has 128 valence electrons. The van der Waals surface area contributed by atoms with Gasteiger partial charge in [-0.15, -0.1) is 5.10 Å². The number of allylic oxidation sites excluding steroid dienone is 1. The number of hydrogen-bond acceptors (Lipinski definition) is 7. The van der Waals surface area contributed by atoms with E-state index in [1.165, 1.54) is 4.68 Å². The molecule has 1 atom stereocenters. The van der Waals surface area contributed by atoms with Gasteiger partial charge in [-0.1, -0.05) is 6.08 Å². The van der Waals surface area contributed by atoms with Gasteiger partial charge in [-0.2, -0.15) is 9.67 Å². The molecule has 8 heteroatoms. The second-order valence-electron chi connectivity index (χ2n) is 5.91. The van der Waals surface area contributed by atoms with Gasteiger partial charge in [-0.05, 0) is 39.2 Å². The fourth-order valence-electron chi connectivity index (χ4n) is 2.10. The maximum absolute atomic E-state index is 8.01. The third kappa shape index (κ3) is 4.63. The lowest BCUT2D eigenvalue weighted by Gasteiger charge is -2.19. The predicted octanol–water partition coefficient (Wildman–Crippen LogP) is 1.59. The van der Waals surface area contributed by atoms with Gasteiger partial charge in [0.25, 0.3) is 0 Å². The van der Waals surface area contributed by atoms with E-state index < -0.39 is 0 Å². The highest BCUT2D eigenvalue weighted by Crippen LogP contribution is 2.12. The average molecular weight is 328 g/mol. The van der Waals surface area contributed by atoms with E-state index in [9.17, 15) is 0 Å². The quantitative estimate of drug-likeness (QED) is 0.663. The predicted molar refractivity (Wildman–Crippen MR) is 97.1 cm³/mol. The first kappa shape index (κ1) is 17.6. The van der Waals surface area contributed by atoms with E-state index in [2.05, 4.69) is 26.9 Å². The van der Waals surface area contributed by atoms with Crippen molar-refractivity contribution in [1.29, 1.82) is 5.41 Å². The van der Waals surface area contributed by atoms with Crippen LogP contribution in [0.5, 0.6) is 0 Å². The monoisotopic (exact) mass is 328 g/mol. The molecular formula is C16H24N8. The number of anilines is 2. The van der Waals surface area contributed by atoms with E-state index in [0.717, 1.165) is 12.1 Å². The maximum atomic E-state index is 8.01. The van der Waals surface area contributed by atoms with E-state index >= 15 is 0 Å². The molecule has 0 radical (unpaired) electrons. The van der Waals surface area contributed by atoms with Crippen molar-refractivity contribution in [3.63, 3.8) is 0 Å². The second-order valence-corrected chi connectivity index (χ2v) is 5.91. The smallest absolute Gasteiger partial charge is 0.241 e. The molecule has 0 spiro atoms. The normalized spacial score (nSPS) is 12.8. The molecule has 0 aliphatic rings. The molecule has 0 fully saturated rings. The van der Waals surface area contributed by atoms with Crippen LogP contribution >= 0.6 is 0 Å². The SMILES string of the molecule is CC(CC(=N)CC=Cc1ccc(-n2nc(N)nc2N)cn1)N(C)C. The van der Waals surface area contributed by atoms with E-state index in [4.69, 9.17) is 16.9 Å². The average Bonchev–Trinajstić information content (AvgIpc) is 2.86. The zero-order chi connectivity index (χ0) is 17.7. The van der Waals surface area contributed by atoms with Gasteiger partial charge in [-0.25, -0.2) is 0 Å². The maximum Gasteiger partial charge on any atom is 0.241 e. The highest BCUT2D eigenvalue weighted by Gasteiger charge is 2.07. The fraction of sp³-hybridized carbons (Fsp3) is 0.375. The second kappa shape index (κ2) is 7.69. The molecule has 24 heavy (non-hydrogen) atoms. The summed E-state index contributed by atoms with van der Waals surface area (Å²) in [5.41, 5.74) is 13.4. The molecule has 0 aromatic carbocycles. The van der Waals surface area contributed by atoms with Crippen molar-refractivity contribution in [2.24, 2.45) is 0 Å². The molecule has 8 nitrogen and oxygen atoms in total. The number of aromatic nitrogens is 4. The Morgan fingerprint density at radius 2 is 2.12 bits per heavy atom. The van der Waals surface area contributed by atoms with Gasteiger partial charge in [0, 0.05) is 24.6 Å². The summed E-state index contributed by atoms with van der Waals surface area (Å²) in [6.45, 7) is 2.11. The number of pyridine rings is 1. The zero-order valence-electron chi connectivity index (χ0n) is 14.3. The molecule has 0 aliphatic heterocycles. The van der Waals surface area contributed by atoms with Crippen molar-refractivity contribution >= 4 is 23.7 Å². The molecule has 2 aromatic rings. The van der Waals surface area contributed by atoms with Gasteiger partial charge in [0.15, 0.2) is 0 Å². The highest BCUT2D eigenvalue weighted by molar-refractivity contribution is 5.83. The van der Waals surface area contributed by atoms with Crippen LogP contribution in [0.2, 0.25) is 0 Å². The number of rotatable bonds is 7. The standard InChI is InChI=1S/C16H24N8/c1-11(23(2)3)9-12(17)5-4-6-13-7-8-14(10-20-13)24-16(19)21-15(18)22-24/h4,6-8,10-11,17H,5,9H2,1-3H3,(H4,18,19,21,22). The van der Waals surface area contributed by atoms with Crippen LogP contribution in [0.4, 0.5) is 11.9 Å². The molecule has 1 unspecified atom stereocenters. The van der Waals surface area contributed by atoms with Crippen molar-refractivity contribution in [1.82, 2.24) is 24.6 Å². The van der Waals surface area contributed by atoms with Crippen LogP contribution < -0.4 is 11.5 Å². The minimum absolute atomic E-state index is 0.127. The Hall–Kier alpha value is -2.74. The van der Waals surface area contributed by atoms with Gasteiger partial charge in [0.1, 0.15) is 0 Å². The molecule has 0 saturated heterocycles.